The van der Waals surface area contributed by atoms with E-state index >= 15 is 0 Å². The Hall–Kier alpha value is -3.35. The molecule has 5 rings (SSSR count). The lowest BCUT2D eigenvalue weighted by Gasteiger charge is -2.34. The molecule has 0 radical (unpaired) electrons. The van der Waals surface area contributed by atoms with E-state index in [9.17, 15) is 4.79 Å². The molecule has 7 nitrogen and oxygen atoms in total. The average molecular weight is 362 g/mol. The molecule has 136 valence electrons. The Balaban J connectivity index is 1.54. The predicted octanol–water partition coefficient (Wildman–Crippen LogP) is 3.30. The van der Waals surface area contributed by atoms with E-state index in [1.165, 1.54) is 6.33 Å². The molecule has 0 saturated carbocycles. The van der Waals surface area contributed by atoms with E-state index < -0.39 is 0 Å². The van der Waals surface area contributed by atoms with Gasteiger partial charge in [-0.15, -0.1) is 0 Å². The van der Waals surface area contributed by atoms with Gasteiger partial charge in [0.25, 0.3) is 0 Å². The van der Waals surface area contributed by atoms with Crippen LogP contribution in [0.4, 0.5) is 5.95 Å². The van der Waals surface area contributed by atoms with Gasteiger partial charge < -0.3 is 14.5 Å². The van der Waals surface area contributed by atoms with Crippen LogP contribution in [0.1, 0.15) is 36.1 Å². The molecular formula is C20H18N4O3. The first-order valence-corrected chi connectivity index (χ1v) is 8.84. The van der Waals surface area contributed by atoms with Crippen molar-refractivity contribution in [2.24, 2.45) is 0 Å². The second-order valence-corrected chi connectivity index (χ2v) is 6.76. The number of anilines is 1. The summed E-state index contributed by atoms with van der Waals surface area (Å²) in [4.78, 5) is 17.4. The summed E-state index contributed by atoms with van der Waals surface area (Å²) in [6.07, 6.45) is 4.29. The van der Waals surface area contributed by atoms with Crippen LogP contribution >= 0.6 is 0 Å². The minimum absolute atomic E-state index is 0.104. The zero-order valence-electron chi connectivity index (χ0n) is 14.8. The average Bonchev–Trinajstić information content (AvgIpc) is 3.38. The van der Waals surface area contributed by atoms with E-state index in [0.29, 0.717) is 23.7 Å². The zero-order chi connectivity index (χ0) is 18.4. The van der Waals surface area contributed by atoms with Crippen LogP contribution < -0.4 is 10.1 Å². The number of ketones is 1. The molecule has 1 aliphatic carbocycles. The molecule has 3 aromatic rings. The smallest absolute Gasteiger partial charge is 0.226 e. The first kappa shape index (κ1) is 15.9. The van der Waals surface area contributed by atoms with E-state index in [-0.39, 0.29) is 17.7 Å². The fourth-order valence-corrected chi connectivity index (χ4v) is 3.97. The highest BCUT2D eigenvalue weighted by atomic mass is 16.5. The lowest BCUT2D eigenvalue weighted by Crippen LogP contribution is -2.33. The highest BCUT2D eigenvalue weighted by Gasteiger charge is 2.40. The summed E-state index contributed by atoms with van der Waals surface area (Å²) in [5.41, 5.74) is 2.74. The summed E-state index contributed by atoms with van der Waals surface area (Å²) < 4.78 is 12.6. The van der Waals surface area contributed by atoms with Gasteiger partial charge in [-0.25, -0.2) is 4.68 Å². The fraction of sp³-hybridized carbons (Fsp3) is 0.250. The molecule has 27 heavy (non-hydrogen) atoms. The summed E-state index contributed by atoms with van der Waals surface area (Å²) in [5, 5.41) is 7.60. The molecule has 0 saturated heterocycles. The number of hydrogen-bond donors (Lipinski definition) is 1. The Morgan fingerprint density at radius 2 is 2.07 bits per heavy atom. The van der Waals surface area contributed by atoms with Crippen molar-refractivity contribution in [2.45, 2.75) is 24.8 Å². The Morgan fingerprint density at radius 1 is 1.22 bits per heavy atom. The van der Waals surface area contributed by atoms with Crippen LogP contribution in [-0.2, 0) is 4.79 Å². The number of nitrogens with zero attached hydrogens (tertiary/aromatic N) is 3. The third-order valence-electron chi connectivity index (χ3n) is 5.26. The van der Waals surface area contributed by atoms with Crippen LogP contribution in [-0.4, -0.2) is 27.7 Å². The lowest BCUT2D eigenvalue weighted by molar-refractivity contribution is -0.116. The summed E-state index contributed by atoms with van der Waals surface area (Å²) in [7, 11) is 1.65. The lowest BCUT2D eigenvalue weighted by atomic mass is 9.78. The molecule has 0 spiro atoms. The maximum Gasteiger partial charge on any atom is 0.226 e. The molecule has 0 amide bonds. The second kappa shape index (κ2) is 6.12. The molecular weight excluding hydrogens is 344 g/mol. The summed E-state index contributed by atoms with van der Waals surface area (Å²) >= 11 is 0. The van der Waals surface area contributed by atoms with Gasteiger partial charge in [-0.2, -0.15) is 10.1 Å². The largest absolute Gasteiger partial charge is 0.497 e. The zero-order valence-corrected chi connectivity index (χ0v) is 14.8. The number of ether oxygens (including phenoxy) is 1. The van der Waals surface area contributed by atoms with E-state index in [0.717, 1.165) is 23.4 Å². The highest BCUT2D eigenvalue weighted by molar-refractivity contribution is 6.00. The van der Waals surface area contributed by atoms with Crippen molar-refractivity contribution >= 4 is 11.7 Å². The quantitative estimate of drug-likeness (QED) is 0.770. The summed E-state index contributed by atoms with van der Waals surface area (Å²) in [6, 6.07) is 11.2. The number of benzene rings is 1. The number of methoxy groups -OCH3 is 1. The van der Waals surface area contributed by atoms with Crippen LogP contribution in [0.3, 0.4) is 0 Å². The maximum absolute atomic E-state index is 13.1. The topological polar surface area (TPSA) is 82.2 Å². The number of furan rings is 1. The Labute approximate surface area is 155 Å². The second-order valence-electron chi connectivity index (χ2n) is 6.76. The number of Topliss-reactive ketones (excluding diaryl/α,β-unsaturated/α-hetero) is 1. The van der Waals surface area contributed by atoms with Crippen molar-refractivity contribution in [1.82, 2.24) is 14.8 Å². The van der Waals surface area contributed by atoms with Crippen LogP contribution in [0.5, 0.6) is 5.75 Å². The van der Waals surface area contributed by atoms with Crippen molar-refractivity contribution < 1.29 is 13.9 Å². The molecule has 0 unspecified atom stereocenters. The molecule has 7 heteroatoms. The van der Waals surface area contributed by atoms with Gasteiger partial charge in [-0.05, 0) is 42.2 Å². The van der Waals surface area contributed by atoms with E-state index in [4.69, 9.17) is 9.15 Å². The fourth-order valence-electron chi connectivity index (χ4n) is 3.97. The maximum atomic E-state index is 13.1. The molecule has 2 aliphatic rings. The van der Waals surface area contributed by atoms with Crippen molar-refractivity contribution in [3.8, 4) is 5.75 Å². The predicted molar refractivity (Wildman–Crippen MR) is 97.5 cm³/mol. The Morgan fingerprint density at radius 3 is 2.81 bits per heavy atom. The van der Waals surface area contributed by atoms with Gasteiger partial charge in [0.2, 0.25) is 5.95 Å². The van der Waals surface area contributed by atoms with E-state index in [1.54, 1.807) is 18.1 Å². The summed E-state index contributed by atoms with van der Waals surface area (Å²) in [6.45, 7) is 0. The van der Waals surface area contributed by atoms with Gasteiger partial charge in [0.05, 0.1) is 13.4 Å². The third kappa shape index (κ3) is 2.54. The molecule has 1 aromatic carbocycles. The number of nitrogens with one attached hydrogen (secondary N) is 1. The van der Waals surface area contributed by atoms with Gasteiger partial charge in [0.15, 0.2) is 5.78 Å². The van der Waals surface area contributed by atoms with Gasteiger partial charge >= 0.3 is 0 Å². The van der Waals surface area contributed by atoms with Gasteiger partial charge in [0, 0.05) is 17.7 Å². The number of carbonyl (C=O) groups is 1. The van der Waals surface area contributed by atoms with Crippen LogP contribution in [0.2, 0.25) is 0 Å². The molecule has 3 heterocycles. The van der Waals surface area contributed by atoms with Crippen LogP contribution in [0.15, 0.2) is 64.7 Å². The van der Waals surface area contributed by atoms with E-state index in [1.807, 2.05) is 36.4 Å². The molecule has 0 bridgehead atoms. The van der Waals surface area contributed by atoms with Crippen molar-refractivity contribution in [1.29, 1.82) is 0 Å². The highest BCUT2D eigenvalue weighted by Crippen LogP contribution is 2.43. The minimum atomic E-state index is -0.377. The normalized spacial score (nSPS) is 21.4. The minimum Gasteiger partial charge on any atom is -0.497 e. The van der Waals surface area contributed by atoms with Crippen molar-refractivity contribution in [2.75, 3.05) is 12.4 Å². The first-order valence-electron chi connectivity index (χ1n) is 8.84. The van der Waals surface area contributed by atoms with Gasteiger partial charge in [-0.3, -0.25) is 4.79 Å². The van der Waals surface area contributed by atoms with E-state index in [2.05, 4.69) is 15.4 Å². The third-order valence-corrected chi connectivity index (χ3v) is 5.26. The molecule has 0 fully saturated rings. The Kier molecular flexibility index (Phi) is 3.60. The first-order chi connectivity index (χ1) is 13.2. The Bertz CT molecular complexity index is 1020. The number of fused-ring (bicyclic) bond motifs is 1. The number of carbonyl (C=O) groups excluding carboxylic acids is 1. The molecule has 2 aromatic heterocycles. The molecule has 1 N–H and O–H groups in total. The van der Waals surface area contributed by atoms with Crippen molar-refractivity contribution in [3.63, 3.8) is 0 Å². The van der Waals surface area contributed by atoms with Crippen LogP contribution in [0.25, 0.3) is 0 Å². The van der Waals surface area contributed by atoms with Gasteiger partial charge in [0.1, 0.15) is 23.9 Å². The number of rotatable bonds is 3. The number of allylic oxidation sites excluding steroid dienone is 2. The SMILES string of the molecule is COc1ccc([C@@H]2CC(=O)C3=C(C2)Nc2ncnn2[C@H]3c2ccco2)cc1. The molecule has 1 aliphatic heterocycles. The molecule has 2 atom stereocenters. The monoisotopic (exact) mass is 362 g/mol. The van der Waals surface area contributed by atoms with Crippen LogP contribution in [0, 0.1) is 0 Å². The number of hydrogen-bond acceptors (Lipinski definition) is 6. The van der Waals surface area contributed by atoms with Gasteiger partial charge in [-0.1, -0.05) is 12.1 Å². The van der Waals surface area contributed by atoms with Crippen molar-refractivity contribution in [3.05, 3.63) is 71.6 Å². The standard InChI is InChI=1S/C20H18N4O3/c1-26-14-6-4-12(5-7-14)13-9-15-18(16(25)10-13)19(17-3-2-8-27-17)24-20(23-15)21-11-22-24/h2-8,11,13,19H,9-10H2,1H3,(H,21,22,23)/t13-,19-/m0/s1. The number of aromatic nitrogens is 3. The summed E-state index contributed by atoms with van der Waals surface area (Å²) in [5.74, 6) is 2.33.